The van der Waals surface area contributed by atoms with Crippen LogP contribution in [0.4, 0.5) is 0 Å². The monoisotopic (exact) mass is 385 g/mol. The van der Waals surface area contributed by atoms with Crippen molar-refractivity contribution in [1.82, 2.24) is 5.32 Å². The number of benzene rings is 2. The number of hydrogen-bond acceptors (Lipinski definition) is 6. The van der Waals surface area contributed by atoms with Crippen LogP contribution in [0, 0.1) is 0 Å². The summed E-state index contributed by atoms with van der Waals surface area (Å²) in [6, 6.07) is 13.2. The Balaban J connectivity index is 1.93. The largest absolute Gasteiger partial charge is 0.493 e. The molecule has 0 saturated carbocycles. The minimum Gasteiger partial charge on any atom is -0.493 e. The van der Waals surface area contributed by atoms with E-state index in [2.05, 4.69) is 5.32 Å². The summed E-state index contributed by atoms with van der Waals surface area (Å²) in [4.78, 5) is 36.1. The van der Waals surface area contributed by atoms with Crippen molar-refractivity contribution >= 4 is 17.7 Å². The molecule has 28 heavy (non-hydrogen) atoms. The van der Waals surface area contributed by atoms with Gasteiger partial charge >= 0.3 is 5.97 Å². The SMILES string of the molecule is COc1ccc(C(=O)OCC(=O)N[C@@H](Cc2ccccc2)C(C)=O)cc1OC. The summed E-state index contributed by atoms with van der Waals surface area (Å²) in [5, 5.41) is 2.60. The smallest absolute Gasteiger partial charge is 0.338 e. The molecule has 2 rings (SSSR count). The Kier molecular flexibility index (Phi) is 7.56. The predicted molar refractivity (Wildman–Crippen MR) is 103 cm³/mol. The van der Waals surface area contributed by atoms with Crippen LogP contribution in [-0.2, 0) is 20.7 Å². The fraction of sp³-hybridized carbons (Fsp3) is 0.286. The zero-order valence-electron chi connectivity index (χ0n) is 16.1. The molecule has 0 aliphatic heterocycles. The Morgan fingerprint density at radius 3 is 2.25 bits per heavy atom. The second kappa shape index (κ2) is 10.1. The Morgan fingerprint density at radius 2 is 1.64 bits per heavy atom. The fourth-order valence-corrected chi connectivity index (χ4v) is 2.56. The van der Waals surface area contributed by atoms with Gasteiger partial charge in [0.25, 0.3) is 5.91 Å². The molecular weight excluding hydrogens is 362 g/mol. The van der Waals surface area contributed by atoms with Gasteiger partial charge in [-0.2, -0.15) is 0 Å². The van der Waals surface area contributed by atoms with Crippen molar-refractivity contribution in [1.29, 1.82) is 0 Å². The average Bonchev–Trinajstić information content (AvgIpc) is 2.71. The number of esters is 1. The molecule has 148 valence electrons. The van der Waals surface area contributed by atoms with E-state index in [4.69, 9.17) is 14.2 Å². The van der Waals surface area contributed by atoms with Crippen LogP contribution < -0.4 is 14.8 Å². The van der Waals surface area contributed by atoms with Crippen LogP contribution in [0.2, 0.25) is 0 Å². The van der Waals surface area contributed by atoms with Gasteiger partial charge in [0.2, 0.25) is 0 Å². The first-order valence-electron chi connectivity index (χ1n) is 8.67. The first-order valence-corrected chi connectivity index (χ1v) is 8.67. The lowest BCUT2D eigenvalue weighted by molar-refractivity contribution is -0.128. The van der Waals surface area contributed by atoms with E-state index >= 15 is 0 Å². The highest BCUT2D eigenvalue weighted by atomic mass is 16.5. The quantitative estimate of drug-likeness (QED) is 0.666. The average molecular weight is 385 g/mol. The second-order valence-electron chi connectivity index (χ2n) is 6.07. The molecule has 0 spiro atoms. The molecule has 1 atom stereocenters. The molecule has 0 radical (unpaired) electrons. The van der Waals surface area contributed by atoms with Crippen LogP contribution >= 0.6 is 0 Å². The van der Waals surface area contributed by atoms with Gasteiger partial charge in [-0.1, -0.05) is 30.3 Å². The van der Waals surface area contributed by atoms with Crippen molar-refractivity contribution in [2.45, 2.75) is 19.4 Å². The third-order valence-electron chi connectivity index (χ3n) is 4.06. The maximum atomic E-state index is 12.2. The van der Waals surface area contributed by atoms with E-state index in [-0.39, 0.29) is 11.3 Å². The number of Topliss-reactive ketones (excluding diaryl/α,β-unsaturated/α-hetero) is 1. The minimum atomic E-state index is -0.685. The first kappa shape index (κ1) is 21.0. The van der Waals surface area contributed by atoms with E-state index in [1.54, 1.807) is 6.07 Å². The number of ether oxygens (including phenoxy) is 3. The molecule has 0 aliphatic carbocycles. The third kappa shape index (κ3) is 5.84. The number of methoxy groups -OCH3 is 2. The van der Waals surface area contributed by atoms with Gasteiger partial charge in [-0.15, -0.1) is 0 Å². The lowest BCUT2D eigenvalue weighted by Gasteiger charge is -2.16. The Hall–Kier alpha value is -3.35. The van der Waals surface area contributed by atoms with Crippen LogP contribution in [0.25, 0.3) is 0 Å². The zero-order chi connectivity index (χ0) is 20.5. The number of ketones is 1. The normalized spacial score (nSPS) is 11.2. The van der Waals surface area contributed by atoms with E-state index in [1.165, 1.54) is 33.3 Å². The molecule has 7 nitrogen and oxygen atoms in total. The zero-order valence-corrected chi connectivity index (χ0v) is 16.1. The highest BCUT2D eigenvalue weighted by molar-refractivity contribution is 5.93. The second-order valence-corrected chi connectivity index (χ2v) is 6.07. The summed E-state index contributed by atoms with van der Waals surface area (Å²) in [6.45, 7) is 0.912. The van der Waals surface area contributed by atoms with Gasteiger partial charge in [-0.3, -0.25) is 9.59 Å². The Morgan fingerprint density at radius 1 is 0.964 bits per heavy atom. The Bertz CT molecular complexity index is 834. The highest BCUT2D eigenvalue weighted by Crippen LogP contribution is 2.27. The number of carbonyl (C=O) groups excluding carboxylic acids is 3. The predicted octanol–water partition coefficient (Wildman–Crippen LogP) is 2.18. The van der Waals surface area contributed by atoms with E-state index in [0.29, 0.717) is 17.9 Å². The summed E-state index contributed by atoms with van der Waals surface area (Å²) in [6.07, 6.45) is 0.367. The molecule has 0 heterocycles. The van der Waals surface area contributed by atoms with Gasteiger partial charge in [-0.25, -0.2) is 4.79 Å². The van der Waals surface area contributed by atoms with Gasteiger partial charge in [0.05, 0.1) is 25.8 Å². The highest BCUT2D eigenvalue weighted by Gasteiger charge is 2.19. The van der Waals surface area contributed by atoms with E-state index in [1.807, 2.05) is 30.3 Å². The van der Waals surface area contributed by atoms with Crippen molar-refractivity contribution in [2.75, 3.05) is 20.8 Å². The van der Waals surface area contributed by atoms with Gasteiger partial charge in [0, 0.05) is 0 Å². The van der Waals surface area contributed by atoms with E-state index in [0.717, 1.165) is 5.56 Å². The maximum absolute atomic E-state index is 12.2. The molecule has 0 unspecified atom stereocenters. The van der Waals surface area contributed by atoms with Crippen LogP contribution in [0.5, 0.6) is 11.5 Å². The number of hydrogen-bond donors (Lipinski definition) is 1. The molecular formula is C21H23NO6. The summed E-state index contributed by atoms with van der Waals surface area (Å²) in [7, 11) is 2.94. The van der Waals surface area contributed by atoms with Gasteiger partial charge in [0.1, 0.15) is 0 Å². The Labute approximate surface area is 163 Å². The van der Waals surface area contributed by atoms with E-state index in [9.17, 15) is 14.4 Å². The number of rotatable bonds is 9. The number of nitrogens with one attached hydrogen (secondary N) is 1. The van der Waals surface area contributed by atoms with Gasteiger partial charge < -0.3 is 19.5 Å². The lowest BCUT2D eigenvalue weighted by atomic mass is 10.0. The van der Waals surface area contributed by atoms with Crippen LogP contribution in [0.15, 0.2) is 48.5 Å². The molecule has 2 aromatic carbocycles. The summed E-state index contributed by atoms with van der Waals surface area (Å²) in [5.41, 5.74) is 1.14. The van der Waals surface area contributed by atoms with Crippen molar-refractivity contribution in [3.8, 4) is 11.5 Å². The topological polar surface area (TPSA) is 90.9 Å². The summed E-state index contributed by atoms with van der Waals surface area (Å²) in [5.74, 6) is -0.560. The summed E-state index contributed by atoms with van der Waals surface area (Å²) >= 11 is 0. The van der Waals surface area contributed by atoms with Crippen LogP contribution in [-0.4, -0.2) is 44.5 Å². The van der Waals surface area contributed by atoms with Crippen LogP contribution in [0.1, 0.15) is 22.8 Å². The fourth-order valence-electron chi connectivity index (χ4n) is 2.56. The maximum Gasteiger partial charge on any atom is 0.338 e. The van der Waals surface area contributed by atoms with E-state index < -0.39 is 24.5 Å². The molecule has 1 amide bonds. The molecule has 2 aromatic rings. The molecule has 0 aliphatic rings. The standard InChI is InChI=1S/C21H23NO6/c1-14(23)17(11-15-7-5-4-6-8-15)22-20(24)13-28-21(25)16-9-10-18(26-2)19(12-16)27-3/h4-10,12,17H,11,13H2,1-3H3,(H,22,24)/t17-/m0/s1. The first-order chi connectivity index (χ1) is 13.4. The van der Waals surface area contributed by atoms with Crippen molar-refractivity contribution in [3.63, 3.8) is 0 Å². The lowest BCUT2D eigenvalue weighted by Crippen LogP contribution is -2.43. The van der Waals surface area contributed by atoms with Gasteiger partial charge in [-0.05, 0) is 37.1 Å². The minimum absolute atomic E-state index is 0.177. The van der Waals surface area contributed by atoms with Crippen molar-refractivity contribution in [3.05, 3.63) is 59.7 Å². The van der Waals surface area contributed by atoms with Crippen molar-refractivity contribution < 1.29 is 28.6 Å². The molecule has 0 aromatic heterocycles. The molecule has 0 bridgehead atoms. The molecule has 1 N–H and O–H groups in total. The number of amides is 1. The van der Waals surface area contributed by atoms with Crippen LogP contribution in [0.3, 0.4) is 0 Å². The summed E-state index contributed by atoms with van der Waals surface area (Å²) < 4.78 is 15.3. The van der Waals surface area contributed by atoms with Gasteiger partial charge in [0.15, 0.2) is 23.9 Å². The molecule has 0 saturated heterocycles. The third-order valence-corrected chi connectivity index (χ3v) is 4.06. The molecule has 7 heteroatoms. The molecule has 0 fully saturated rings. The number of carbonyl (C=O) groups is 3. The van der Waals surface area contributed by atoms with Crippen molar-refractivity contribution in [2.24, 2.45) is 0 Å².